The van der Waals surface area contributed by atoms with Gasteiger partial charge in [-0.1, -0.05) is 55.5 Å². The maximum absolute atomic E-state index is 13.5. The van der Waals surface area contributed by atoms with Crippen LogP contribution in [0.1, 0.15) is 24.5 Å². The Bertz CT molecular complexity index is 1450. The lowest BCUT2D eigenvalue weighted by Gasteiger charge is -2.24. The summed E-state index contributed by atoms with van der Waals surface area (Å²) in [5, 5.41) is 0. The van der Waals surface area contributed by atoms with E-state index in [1.54, 1.807) is 14.2 Å². The molecule has 0 unspecified atom stereocenters. The van der Waals surface area contributed by atoms with Gasteiger partial charge in [-0.2, -0.15) is 0 Å². The summed E-state index contributed by atoms with van der Waals surface area (Å²) in [5.74, 6) is 1.25. The minimum absolute atomic E-state index is 0.119. The fourth-order valence-electron chi connectivity index (χ4n) is 4.21. The molecule has 1 heterocycles. The number of aromatic nitrogens is 1. The first kappa shape index (κ1) is 29.7. The highest BCUT2D eigenvalue weighted by atomic mass is 32.2. The summed E-state index contributed by atoms with van der Waals surface area (Å²) in [5.41, 5.74) is 2.66. The number of fused-ring (bicyclic) bond motifs is 1. The average molecular weight is 582 g/mol. The molecule has 1 aromatic heterocycles. The molecule has 40 heavy (non-hydrogen) atoms. The van der Waals surface area contributed by atoms with Crippen LogP contribution in [0.25, 0.3) is 10.2 Å². The van der Waals surface area contributed by atoms with E-state index in [4.69, 9.17) is 18.9 Å². The zero-order chi connectivity index (χ0) is 28.4. The van der Waals surface area contributed by atoms with Crippen molar-refractivity contribution in [3.8, 4) is 11.5 Å². The fourth-order valence-corrected chi connectivity index (χ4v) is 7.05. The molecule has 9 heteroatoms. The van der Waals surface area contributed by atoms with E-state index >= 15 is 0 Å². The summed E-state index contributed by atoms with van der Waals surface area (Å²) < 4.78 is 50.5. The van der Waals surface area contributed by atoms with Gasteiger partial charge < -0.3 is 18.9 Å². The number of sulfone groups is 1. The molecule has 2 atom stereocenters. The van der Waals surface area contributed by atoms with Crippen molar-refractivity contribution >= 4 is 31.4 Å². The van der Waals surface area contributed by atoms with Crippen LogP contribution in [0.5, 0.6) is 11.5 Å². The van der Waals surface area contributed by atoms with Crippen LogP contribution in [-0.4, -0.2) is 46.1 Å². The summed E-state index contributed by atoms with van der Waals surface area (Å²) in [7, 11) is -0.426. The van der Waals surface area contributed by atoms with E-state index in [-0.39, 0.29) is 22.6 Å². The summed E-state index contributed by atoms with van der Waals surface area (Å²) in [6, 6.07) is 22.7. The second kappa shape index (κ2) is 14.4. The molecule has 0 fully saturated rings. The van der Waals surface area contributed by atoms with Crippen LogP contribution in [-0.2, 0) is 32.5 Å². The summed E-state index contributed by atoms with van der Waals surface area (Å²) >= 11 is 1.19. The average Bonchev–Trinajstić information content (AvgIpc) is 3.43. The van der Waals surface area contributed by atoms with Crippen molar-refractivity contribution in [3.63, 3.8) is 0 Å². The second-order valence-corrected chi connectivity index (χ2v) is 12.5. The predicted molar refractivity (Wildman–Crippen MR) is 159 cm³/mol. The minimum atomic E-state index is -3.68. The molecule has 0 saturated carbocycles. The monoisotopic (exact) mass is 581 g/mol. The Morgan fingerprint density at radius 1 is 0.875 bits per heavy atom. The molecular formula is C31H35NO6S2. The number of methoxy groups -OCH3 is 2. The summed E-state index contributed by atoms with van der Waals surface area (Å²) in [6.45, 7) is 3.18. The van der Waals surface area contributed by atoms with Crippen LogP contribution in [0.4, 0.5) is 0 Å². The zero-order valence-electron chi connectivity index (χ0n) is 23.0. The van der Waals surface area contributed by atoms with E-state index in [0.29, 0.717) is 25.2 Å². The van der Waals surface area contributed by atoms with Crippen LogP contribution < -0.4 is 9.47 Å². The molecule has 4 rings (SSSR count). The number of benzene rings is 3. The van der Waals surface area contributed by atoms with Gasteiger partial charge >= 0.3 is 0 Å². The minimum Gasteiger partial charge on any atom is -0.497 e. The predicted octanol–water partition coefficient (Wildman–Crippen LogP) is 6.47. The highest BCUT2D eigenvalue weighted by molar-refractivity contribution is 7.93. The van der Waals surface area contributed by atoms with Gasteiger partial charge in [0.2, 0.25) is 14.2 Å². The largest absolute Gasteiger partial charge is 0.497 e. The Balaban J connectivity index is 1.45. The molecule has 0 aliphatic heterocycles. The van der Waals surface area contributed by atoms with Crippen LogP contribution in [0, 0.1) is 5.92 Å². The molecule has 0 amide bonds. The van der Waals surface area contributed by atoms with E-state index < -0.39 is 15.9 Å². The Labute approximate surface area is 240 Å². The SMILES string of the molecule is CC[C@H](/C=C\COCc1ccc(OC)cc1)[C@H](CS(=O)(=O)c1nc2ccccc2s1)OCc1ccc(OC)cc1. The van der Waals surface area contributed by atoms with Gasteiger partial charge in [-0.25, -0.2) is 13.4 Å². The Morgan fingerprint density at radius 3 is 2.10 bits per heavy atom. The number of rotatable bonds is 15. The van der Waals surface area contributed by atoms with Crippen molar-refractivity contribution in [3.05, 3.63) is 96.1 Å². The maximum Gasteiger partial charge on any atom is 0.210 e. The molecular weight excluding hydrogens is 546 g/mol. The third-order valence-corrected chi connectivity index (χ3v) is 9.75. The quantitative estimate of drug-likeness (QED) is 0.117. The molecule has 0 bridgehead atoms. The lowest BCUT2D eigenvalue weighted by molar-refractivity contribution is 0.0272. The smallest absolute Gasteiger partial charge is 0.210 e. The van der Waals surface area contributed by atoms with Crippen LogP contribution in [0.3, 0.4) is 0 Å². The molecule has 0 aliphatic rings. The number of nitrogens with zero attached hydrogens (tertiary/aromatic N) is 1. The van der Waals surface area contributed by atoms with E-state index in [0.717, 1.165) is 27.3 Å². The van der Waals surface area contributed by atoms with E-state index in [1.807, 2.05) is 91.9 Å². The van der Waals surface area contributed by atoms with Crippen molar-refractivity contribution in [1.29, 1.82) is 0 Å². The standard InChI is InChI=1S/C31H35NO6S2/c1-4-25(8-7-19-37-20-23-11-15-26(35-2)16-12-23)29(38-21-24-13-17-27(36-3)18-14-24)22-40(33,34)31-32-28-9-5-6-10-30(28)39-31/h5-18,25,29H,4,19-22H2,1-3H3/b8-7-/t25-,29+/m1/s1. The van der Waals surface area contributed by atoms with Gasteiger partial charge in [-0.15, -0.1) is 11.3 Å². The van der Waals surface area contributed by atoms with E-state index in [2.05, 4.69) is 4.98 Å². The first-order valence-corrected chi connectivity index (χ1v) is 15.6. The summed E-state index contributed by atoms with van der Waals surface area (Å²) in [4.78, 5) is 4.40. The number of para-hydroxylation sites is 1. The molecule has 4 aromatic rings. The van der Waals surface area contributed by atoms with Crippen molar-refractivity contribution in [2.75, 3.05) is 26.6 Å². The summed E-state index contributed by atoms with van der Waals surface area (Å²) in [6.07, 6.45) is 4.08. The van der Waals surface area contributed by atoms with Gasteiger partial charge in [-0.05, 0) is 53.9 Å². The Morgan fingerprint density at radius 2 is 1.50 bits per heavy atom. The van der Waals surface area contributed by atoms with E-state index in [1.165, 1.54) is 11.3 Å². The molecule has 0 N–H and O–H groups in total. The lowest BCUT2D eigenvalue weighted by Crippen LogP contribution is -2.31. The van der Waals surface area contributed by atoms with Gasteiger partial charge in [0.1, 0.15) is 11.5 Å². The number of thiazole rings is 1. The maximum atomic E-state index is 13.5. The molecule has 3 aromatic carbocycles. The van der Waals surface area contributed by atoms with Gasteiger partial charge in [-0.3, -0.25) is 0 Å². The van der Waals surface area contributed by atoms with Crippen LogP contribution >= 0.6 is 11.3 Å². The number of hydrogen-bond acceptors (Lipinski definition) is 8. The van der Waals surface area contributed by atoms with Gasteiger partial charge in [0, 0.05) is 5.92 Å². The van der Waals surface area contributed by atoms with Gasteiger partial charge in [0.05, 0.1) is 56.1 Å². The van der Waals surface area contributed by atoms with Gasteiger partial charge in [0.25, 0.3) is 0 Å². The third kappa shape index (κ3) is 8.14. The Hall–Kier alpha value is -3.24. The number of ether oxygens (including phenoxy) is 4. The van der Waals surface area contributed by atoms with Gasteiger partial charge in [0.15, 0.2) is 0 Å². The molecule has 0 spiro atoms. The van der Waals surface area contributed by atoms with E-state index in [9.17, 15) is 8.42 Å². The molecule has 7 nitrogen and oxygen atoms in total. The highest BCUT2D eigenvalue weighted by Gasteiger charge is 2.29. The topological polar surface area (TPSA) is 84.0 Å². The normalized spacial score (nSPS) is 13.5. The second-order valence-electron chi connectivity index (χ2n) is 9.29. The third-order valence-electron chi connectivity index (χ3n) is 6.52. The molecule has 0 saturated heterocycles. The van der Waals surface area contributed by atoms with Crippen LogP contribution in [0.15, 0.2) is 89.3 Å². The van der Waals surface area contributed by atoms with Crippen LogP contribution in [0.2, 0.25) is 0 Å². The van der Waals surface area contributed by atoms with Crippen molar-refractivity contribution in [2.24, 2.45) is 5.92 Å². The van der Waals surface area contributed by atoms with Crippen molar-refractivity contribution in [1.82, 2.24) is 4.98 Å². The van der Waals surface area contributed by atoms with Crippen molar-refractivity contribution < 1.29 is 27.4 Å². The molecule has 212 valence electrons. The first-order valence-electron chi connectivity index (χ1n) is 13.1. The Kier molecular flexibility index (Phi) is 10.7. The lowest BCUT2D eigenvalue weighted by atomic mass is 10.00. The van der Waals surface area contributed by atoms with Crippen molar-refractivity contribution in [2.45, 2.75) is 37.0 Å². The molecule has 0 radical (unpaired) electrons. The first-order chi connectivity index (χ1) is 19.4. The fraction of sp³-hybridized carbons (Fsp3) is 0.323. The molecule has 0 aliphatic carbocycles. The zero-order valence-corrected chi connectivity index (χ0v) is 24.6. The highest BCUT2D eigenvalue weighted by Crippen LogP contribution is 2.28. The number of hydrogen-bond donors (Lipinski definition) is 0.